The van der Waals surface area contributed by atoms with Gasteiger partial charge in [-0.05, 0) is 30.3 Å². The Balaban J connectivity index is 1.89. The zero-order valence-corrected chi connectivity index (χ0v) is 13.5. The molecule has 0 aliphatic heterocycles. The van der Waals surface area contributed by atoms with Crippen LogP contribution in [0.4, 0.5) is 5.69 Å². The van der Waals surface area contributed by atoms with Crippen molar-refractivity contribution in [3.8, 4) is 5.75 Å². The average molecular weight is 349 g/mol. The van der Waals surface area contributed by atoms with Crippen molar-refractivity contribution in [2.24, 2.45) is 0 Å². The van der Waals surface area contributed by atoms with E-state index < -0.39 is 0 Å². The molecular formula is C14H12Cl3NOS. The minimum Gasteiger partial charge on any atom is -0.490 e. The second kappa shape index (κ2) is 7.32. The van der Waals surface area contributed by atoms with Crippen LogP contribution < -0.4 is 10.5 Å². The van der Waals surface area contributed by atoms with Crippen LogP contribution in [0.15, 0.2) is 41.3 Å². The Bertz CT molecular complexity index is 587. The fourth-order valence-corrected chi connectivity index (χ4v) is 3.15. The number of halogens is 3. The molecular weight excluding hydrogens is 337 g/mol. The standard InChI is InChI=1S/C14H12Cl3NOS/c15-10-5-4-9(18)8-13(10)20-7-6-19-14-11(16)2-1-3-12(14)17/h1-5,8H,6-7,18H2. The third kappa shape index (κ3) is 4.13. The molecule has 0 aliphatic rings. The van der Waals surface area contributed by atoms with Crippen LogP contribution in [-0.2, 0) is 0 Å². The summed E-state index contributed by atoms with van der Waals surface area (Å²) in [5.74, 6) is 1.22. The van der Waals surface area contributed by atoms with E-state index in [1.165, 1.54) is 0 Å². The molecule has 0 fully saturated rings. The van der Waals surface area contributed by atoms with E-state index in [1.807, 2.05) is 6.07 Å². The van der Waals surface area contributed by atoms with Crippen molar-refractivity contribution in [1.29, 1.82) is 0 Å². The van der Waals surface area contributed by atoms with E-state index in [-0.39, 0.29) is 0 Å². The van der Waals surface area contributed by atoms with Crippen molar-refractivity contribution >= 4 is 52.3 Å². The fourth-order valence-electron chi connectivity index (χ4n) is 1.55. The van der Waals surface area contributed by atoms with Gasteiger partial charge < -0.3 is 10.5 Å². The van der Waals surface area contributed by atoms with Gasteiger partial charge in [-0.15, -0.1) is 11.8 Å². The normalized spacial score (nSPS) is 10.6. The predicted molar refractivity (Wildman–Crippen MR) is 88.5 cm³/mol. The number of nitrogen functional groups attached to an aromatic ring is 1. The van der Waals surface area contributed by atoms with E-state index in [2.05, 4.69) is 0 Å². The minimum atomic E-state index is 0.471. The molecule has 0 saturated carbocycles. The van der Waals surface area contributed by atoms with Crippen molar-refractivity contribution in [3.63, 3.8) is 0 Å². The van der Waals surface area contributed by atoms with E-state index in [1.54, 1.807) is 42.1 Å². The van der Waals surface area contributed by atoms with E-state index in [4.69, 9.17) is 45.3 Å². The number of nitrogens with two attached hydrogens (primary N) is 1. The molecule has 2 nitrogen and oxygen atoms in total. The molecule has 0 unspecified atom stereocenters. The maximum Gasteiger partial charge on any atom is 0.156 e. The predicted octanol–water partition coefficient (Wildman–Crippen LogP) is 5.40. The molecule has 2 aromatic carbocycles. The first-order valence-corrected chi connectivity index (χ1v) is 7.94. The van der Waals surface area contributed by atoms with Gasteiger partial charge in [-0.3, -0.25) is 0 Å². The van der Waals surface area contributed by atoms with E-state index in [9.17, 15) is 0 Å². The third-order valence-corrected chi connectivity index (χ3v) is 4.52. The Morgan fingerprint density at radius 3 is 2.40 bits per heavy atom. The van der Waals surface area contributed by atoms with Gasteiger partial charge in [-0.1, -0.05) is 40.9 Å². The summed E-state index contributed by atoms with van der Waals surface area (Å²) >= 11 is 19.7. The van der Waals surface area contributed by atoms with Gasteiger partial charge >= 0.3 is 0 Å². The minimum absolute atomic E-state index is 0.471. The van der Waals surface area contributed by atoms with Crippen molar-refractivity contribution in [3.05, 3.63) is 51.5 Å². The van der Waals surface area contributed by atoms with Gasteiger partial charge in [0.2, 0.25) is 0 Å². The number of para-hydroxylation sites is 1. The summed E-state index contributed by atoms with van der Waals surface area (Å²) in [6, 6.07) is 10.7. The molecule has 0 bridgehead atoms. The van der Waals surface area contributed by atoms with Crippen LogP contribution in [0.5, 0.6) is 5.75 Å². The second-order valence-corrected chi connectivity index (χ2v) is 6.30. The zero-order valence-electron chi connectivity index (χ0n) is 10.4. The molecule has 2 N–H and O–H groups in total. The Labute approximate surface area is 137 Å². The monoisotopic (exact) mass is 347 g/mol. The van der Waals surface area contributed by atoms with Gasteiger partial charge in [0.15, 0.2) is 5.75 Å². The fraction of sp³-hybridized carbons (Fsp3) is 0.143. The molecule has 0 spiro atoms. The summed E-state index contributed by atoms with van der Waals surface area (Å²) in [5.41, 5.74) is 6.41. The van der Waals surface area contributed by atoms with Crippen LogP contribution >= 0.6 is 46.6 Å². The topological polar surface area (TPSA) is 35.2 Å². The third-order valence-electron chi connectivity index (χ3n) is 2.46. The molecule has 0 aliphatic carbocycles. The number of ether oxygens (including phenoxy) is 1. The Morgan fingerprint density at radius 2 is 1.70 bits per heavy atom. The van der Waals surface area contributed by atoms with Crippen LogP contribution in [-0.4, -0.2) is 12.4 Å². The van der Waals surface area contributed by atoms with Gasteiger partial charge in [0, 0.05) is 16.3 Å². The number of anilines is 1. The van der Waals surface area contributed by atoms with Crippen LogP contribution in [0, 0.1) is 0 Å². The lowest BCUT2D eigenvalue weighted by Crippen LogP contribution is -2.01. The van der Waals surface area contributed by atoms with Gasteiger partial charge in [-0.2, -0.15) is 0 Å². The molecule has 2 rings (SSSR count). The van der Waals surface area contributed by atoms with Gasteiger partial charge in [0.05, 0.1) is 21.7 Å². The van der Waals surface area contributed by atoms with Crippen LogP contribution in [0.1, 0.15) is 0 Å². The van der Waals surface area contributed by atoms with E-state index in [0.29, 0.717) is 38.9 Å². The first-order chi connectivity index (χ1) is 9.58. The number of hydrogen-bond acceptors (Lipinski definition) is 3. The molecule has 0 amide bonds. The summed E-state index contributed by atoms with van der Waals surface area (Å²) in [6.07, 6.45) is 0. The second-order valence-electron chi connectivity index (χ2n) is 3.94. The first kappa shape index (κ1) is 15.6. The molecule has 0 aromatic heterocycles. The summed E-state index contributed by atoms with van der Waals surface area (Å²) in [5, 5.41) is 1.69. The average Bonchev–Trinajstić information content (AvgIpc) is 2.41. The Hall–Kier alpha value is -0.740. The van der Waals surface area contributed by atoms with Gasteiger partial charge in [0.25, 0.3) is 0 Å². The Morgan fingerprint density at radius 1 is 1.00 bits per heavy atom. The van der Waals surface area contributed by atoms with E-state index in [0.717, 1.165) is 4.90 Å². The largest absolute Gasteiger partial charge is 0.490 e. The zero-order chi connectivity index (χ0) is 14.5. The van der Waals surface area contributed by atoms with Gasteiger partial charge in [0.1, 0.15) is 0 Å². The van der Waals surface area contributed by atoms with E-state index >= 15 is 0 Å². The molecule has 0 heterocycles. The van der Waals surface area contributed by atoms with Crippen molar-refractivity contribution in [2.45, 2.75) is 4.90 Å². The molecule has 6 heteroatoms. The number of rotatable bonds is 5. The number of benzene rings is 2. The lowest BCUT2D eigenvalue weighted by molar-refractivity contribution is 0.344. The maximum atomic E-state index is 6.08. The lowest BCUT2D eigenvalue weighted by Gasteiger charge is -2.10. The highest BCUT2D eigenvalue weighted by atomic mass is 35.5. The van der Waals surface area contributed by atoms with Crippen molar-refractivity contribution < 1.29 is 4.74 Å². The smallest absolute Gasteiger partial charge is 0.156 e. The van der Waals surface area contributed by atoms with Gasteiger partial charge in [-0.25, -0.2) is 0 Å². The molecule has 0 radical (unpaired) electrons. The summed E-state index contributed by atoms with van der Waals surface area (Å²) in [7, 11) is 0. The van der Waals surface area contributed by atoms with Crippen molar-refractivity contribution in [2.75, 3.05) is 18.1 Å². The highest BCUT2D eigenvalue weighted by molar-refractivity contribution is 7.99. The molecule has 2 aromatic rings. The molecule has 0 saturated heterocycles. The number of hydrogen-bond donors (Lipinski definition) is 1. The quantitative estimate of drug-likeness (QED) is 0.446. The Kier molecular flexibility index (Phi) is 5.73. The van der Waals surface area contributed by atoms with Crippen LogP contribution in [0.3, 0.4) is 0 Å². The SMILES string of the molecule is Nc1ccc(Cl)c(SCCOc2c(Cl)cccc2Cl)c1. The number of thioether (sulfide) groups is 1. The van der Waals surface area contributed by atoms with Crippen molar-refractivity contribution in [1.82, 2.24) is 0 Å². The van der Waals surface area contributed by atoms with Crippen LogP contribution in [0.25, 0.3) is 0 Å². The highest BCUT2D eigenvalue weighted by Gasteiger charge is 2.07. The molecule has 106 valence electrons. The summed E-state index contributed by atoms with van der Waals surface area (Å²) < 4.78 is 5.60. The molecule has 20 heavy (non-hydrogen) atoms. The summed E-state index contributed by atoms with van der Waals surface area (Å²) in [4.78, 5) is 0.931. The maximum absolute atomic E-state index is 6.08. The molecule has 0 atom stereocenters. The summed E-state index contributed by atoms with van der Waals surface area (Å²) in [6.45, 7) is 0.471. The highest BCUT2D eigenvalue weighted by Crippen LogP contribution is 2.33. The van der Waals surface area contributed by atoms with Crippen LogP contribution in [0.2, 0.25) is 15.1 Å². The lowest BCUT2D eigenvalue weighted by atomic mass is 10.3. The first-order valence-electron chi connectivity index (χ1n) is 5.82.